The summed E-state index contributed by atoms with van der Waals surface area (Å²) >= 11 is 0. The predicted octanol–water partition coefficient (Wildman–Crippen LogP) is 3.08. The fourth-order valence-electron chi connectivity index (χ4n) is 1.97. The van der Waals surface area contributed by atoms with Crippen molar-refractivity contribution in [2.75, 3.05) is 6.61 Å². The zero-order valence-electron chi connectivity index (χ0n) is 9.70. The van der Waals surface area contributed by atoms with Gasteiger partial charge in [0.15, 0.2) is 0 Å². The average Bonchev–Trinajstić information content (AvgIpc) is 2.63. The molecule has 0 saturated carbocycles. The summed E-state index contributed by atoms with van der Waals surface area (Å²) in [5.74, 6) is 0.514. The monoisotopic (exact) mass is 224 g/mol. The van der Waals surface area contributed by atoms with Crippen molar-refractivity contribution in [2.24, 2.45) is 0 Å². The van der Waals surface area contributed by atoms with E-state index in [0.29, 0.717) is 12.7 Å². The van der Waals surface area contributed by atoms with E-state index in [1.165, 1.54) is 12.1 Å². The lowest BCUT2D eigenvalue weighted by Gasteiger charge is -2.14. The Labute approximate surface area is 95.4 Å². The SMILES string of the molecule is Cc1cc(F)ccc1OCC1CCC(C)O1. The quantitative estimate of drug-likeness (QED) is 0.785. The summed E-state index contributed by atoms with van der Waals surface area (Å²) in [6, 6.07) is 4.57. The van der Waals surface area contributed by atoms with Gasteiger partial charge >= 0.3 is 0 Å². The van der Waals surface area contributed by atoms with Gasteiger partial charge in [-0.2, -0.15) is 0 Å². The third-order valence-corrected chi connectivity index (χ3v) is 2.88. The lowest BCUT2D eigenvalue weighted by atomic mass is 10.2. The van der Waals surface area contributed by atoms with Gasteiger partial charge in [-0.1, -0.05) is 0 Å². The molecule has 88 valence electrons. The number of benzene rings is 1. The number of ether oxygens (including phenoxy) is 2. The predicted molar refractivity (Wildman–Crippen MR) is 60.2 cm³/mol. The van der Waals surface area contributed by atoms with Gasteiger partial charge in [-0.25, -0.2) is 4.39 Å². The van der Waals surface area contributed by atoms with Crippen molar-refractivity contribution in [3.8, 4) is 5.75 Å². The Morgan fingerprint density at radius 2 is 2.25 bits per heavy atom. The highest BCUT2D eigenvalue weighted by atomic mass is 19.1. The maximum absolute atomic E-state index is 12.9. The Bertz CT molecular complexity index is 365. The van der Waals surface area contributed by atoms with Crippen LogP contribution in [0.25, 0.3) is 0 Å². The van der Waals surface area contributed by atoms with Crippen LogP contribution in [-0.4, -0.2) is 18.8 Å². The number of hydrogen-bond donors (Lipinski definition) is 0. The Kier molecular flexibility index (Phi) is 3.44. The highest BCUT2D eigenvalue weighted by Gasteiger charge is 2.22. The Balaban J connectivity index is 1.89. The Morgan fingerprint density at radius 3 is 2.88 bits per heavy atom. The van der Waals surface area contributed by atoms with Crippen LogP contribution in [0.15, 0.2) is 18.2 Å². The van der Waals surface area contributed by atoms with Crippen LogP contribution in [0.1, 0.15) is 25.3 Å². The molecule has 0 aromatic heterocycles. The van der Waals surface area contributed by atoms with Crippen molar-refractivity contribution < 1.29 is 13.9 Å². The minimum atomic E-state index is -0.226. The topological polar surface area (TPSA) is 18.5 Å². The van der Waals surface area contributed by atoms with Crippen LogP contribution in [-0.2, 0) is 4.74 Å². The van der Waals surface area contributed by atoms with Gasteiger partial charge in [0.25, 0.3) is 0 Å². The zero-order valence-corrected chi connectivity index (χ0v) is 9.70. The molecule has 1 saturated heterocycles. The summed E-state index contributed by atoms with van der Waals surface area (Å²) < 4.78 is 24.1. The van der Waals surface area contributed by atoms with Gasteiger partial charge in [0.2, 0.25) is 0 Å². The Morgan fingerprint density at radius 1 is 1.44 bits per heavy atom. The molecule has 2 unspecified atom stereocenters. The van der Waals surface area contributed by atoms with E-state index in [4.69, 9.17) is 9.47 Å². The van der Waals surface area contributed by atoms with Gasteiger partial charge in [0.1, 0.15) is 18.2 Å². The standard InChI is InChI=1S/C13H17FO2/c1-9-7-11(14)4-6-13(9)15-8-12-5-3-10(2)16-12/h4,6-7,10,12H,3,5,8H2,1-2H3. The fourth-order valence-corrected chi connectivity index (χ4v) is 1.97. The van der Waals surface area contributed by atoms with Crippen LogP contribution in [0.3, 0.4) is 0 Å². The molecule has 1 aliphatic heterocycles. The summed E-state index contributed by atoms with van der Waals surface area (Å²) in [5.41, 5.74) is 0.825. The van der Waals surface area contributed by atoms with Gasteiger partial charge < -0.3 is 9.47 Å². The minimum absolute atomic E-state index is 0.180. The van der Waals surface area contributed by atoms with E-state index in [1.54, 1.807) is 6.07 Å². The van der Waals surface area contributed by atoms with Crippen molar-refractivity contribution in [3.63, 3.8) is 0 Å². The fraction of sp³-hybridized carbons (Fsp3) is 0.538. The highest BCUT2D eigenvalue weighted by Crippen LogP contribution is 2.22. The van der Waals surface area contributed by atoms with Crippen LogP contribution in [0, 0.1) is 12.7 Å². The van der Waals surface area contributed by atoms with Crippen molar-refractivity contribution in [3.05, 3.63) is 29.6 Å². The number of halogens is 1. The van der Waals surface area contributed by atoms with Crippen LogP contribution in [0.2, 0.25) is 0 Å². The third-order valence-electron chi connectivity index (χ3n) is 2.88. The molecule has 3 heteroatoms. The van der Waals surface area contributed by atoms with Crippen LogP contribution < -0.4 is 4.74 Å². The molecule has 2 rings (SSSR count). The molecule has 2 nitrogen and oxygen atoms in total. The maximum atomic E-state index is 12.9. The molecule has 1 aromatic carbocycles. The minimum Gasteiger partial charge on any atom is -0.491 e. The number of hydrogen-bond acceptors (Lipinski definition) is 2. The Hall–Kier alpha value is -1.09. The summed E-state index contributed by atoms with van der Waals surface area (Å²) in [5, 5.41) is 0. The molecular formula is C13H17FO2. The molecule has 0 aliphatic carbocycles. The van der Waals surface area contributed by atoms with E-state index >= 15 is 0 Å². The molecule has 0 bridgehead atoms. The first-order chi connectivity index (χ1) is 7.65. The molecule has 1 heterocycles. The van der Waals surface area contributed by atoms with Gasteiger partial charge in [0, 0.05) is 0 Å². The van der Waals surface area contributed by atoms with E-state index in [2.05, 4.69) is 6.92 Å². The molecule has 1 aromatic rings. The second-order valence-electron chi connectivity index (χ2n) is 4.37. The van der Waals surface area contributed by atoms with E-state index in [1.807, 2.05) is 6.92 Å². The summed E-state index contributed by atoms with van der Waals surface area (Å²) in [7, 11) is 0. The van der Waals surface area contributed by atoms with E-state index in [9.17, 15) is 4.39 Å². The molecule has 0 amide bonds. The smallest absolute Gasteiger partial charge is 0.123 e. The van der Waals surface area contributed by atoms with E-state index in [-0.39, 0.29) is 11.9 Å². The molecule has 0 radical (unpaired) electrons. The third kappa shape index (κ3) is 2.73. The zero-order chi connectivity index (χ0) is 11.5. The molecule has 2 atom stereocenters. The summed E-state index contributed by atoms with van der Waals surface area (Å²) in [6.45, 7) is 4.47. The van der Waals surface area contributed by atoms with Crippen LogP contribution in [0.4, 0.5) is 4.39 Å². The van der Waals surface area contributed by atoms with E-state index < -0.39 is 0 Å². The van der Waals surface area contributed by atoms with Gasteiger partial charge in [0.05, 0.1) is 12.2 Å². The van der Waals surface area contributed by atoms with Crippen molar-refractivity contribution >= 4 is 0 Å². The number of aryl methyl sites for hydroxylation is 1. The summed E-state index contributed by atoms with van der Waals surface area (Å²) in [6.07, 6.45) is 2.65. The second-order valence-corrected chi connectivity index (χ2v) is 4.37. The average molecular weight is 224 g/mol. The lowest BCUT2D eigenvalue weighted by Crippen LogP contribution is -2.18. The normalized spacial score (nSPS) is 24.7. The van der Waals surface area contributed by atoms with Crippen molar-refractivity contribution in [1.82, 2.24) is 0 Å². The first kappa shape index (κ1) is 11.4. The van der Waals surface area contributed by atoms with E-state index in [0.717, 1.165) is 24.2 Å². The first-order valence-electron chi connectivity index (χ1n) is 5.69. The number of rotatable bonds is 3. The molecule has 1 aliphatic rings. The molecular weight excluding hydrogens is 207 g/mol. The van der Waals surface area contributed by atoms with Crippen LogP contribution >= 0.6 is 0 Å². The first-order valence-corrected chi connectivity index (χ1v) is 5.69. The molecule has 1 fully saturated rings. The van der Waals surface area contributed by atoms with Gasteiger partial charge in [-0.05, 0) is 50.5 Å². The largest absolute Gasteiger partial charge is 0.491 e. The second kappa shape index (κ2) is 4.83. The van der Waals surface area contributed by atoms with Crippen LogP contribution in [0.5, 0.6) is 5.75 Å². The highest BCUT2D eigenvalue weighted by molar-refractivity contribution is 5.32. The molecule has 0 N–H and O–H groups in total. The van der Waals surface area contributed by atoms with Crippen molar-refractivity contribution in [2.45, 2.75) is 38.9 Å². The molecule has 0 spiro atoms. The van der Waals surface area contributed by atoms with Gasteiger partial charge in [-0.15, -0.1) is 0 Å². The van der Waals surface area contributed by atoms with Crippen molar-refractivity contribution in [1.29, 1.82) is 0 Å². The van der Waals surface area contributed by atoms with Gasteiger partial charge in [-0.3, -0.25) is 0 Å². The lowest BCUT2D eigenvalue weighted by molar-refractivity contribution is 0.0263. The summed E-state index contributed by atoms with van der Waals surface area (Å²) in [4.78, 5) is 0. The molecule has 16 heavy (non-hydrogen) atoms. The maximum Gasteiger partial charge on any atom is 0.123 e.